The van der Waals surface area contributed by atoms with Gasteiger partial charge in [0.2, 0.25) is 0 Å². The zero-order valence-electron chi connectivity index (χ0n) is 16.8. The van der Waals surface area contributed by atoms with Gasteiger partial charge in [0.25, 0.3) is 5.91 Å². The van der Waals surface area contributed by atoms with Crippen molar-refractivity contribution in [1.82, 2.24) is 19.7 Å². The first kappa shape index (κ1) is 20.8. The van der Waals surface area contributed by atoms with E-state index in [2.05, 4.69) is 10.2 Å². The molecule has 31 heavy (non-hydrogen) atoms. The second-order valence-electron chi connectivity index (χ2n) is 7.50. The number of para-hydroxylation sites is 1. The van der Waals surface area contributed by atoms with Gasteiger partial charge in [-0.25, -0.2) is 23.2 Å². The number of H-pyrrole nitrogens is 1. The van der Waals surface area contributed by atoms with Crippen LogP contribution in [0.1, 0.15) is 18.7 Å². The smallest absolute Gasteiger partial charge is 0.348 e. The molecule has 2 heterocycles. The van der Waals surface area contributed by atoms with Crippen molar-refractivity contribution < 1.29 is 18.3 Å². The van der Waals surface area contributed by atoms with Crippen molar-refractivity contribution in [3.05, 3.63) is 76.5 Å². The highest BCUT2D eigenvalue weighted by Gasteiger charge is 2.25. The Morgan fingerprint density at radius 3 is 2.52 bits per heavy atom. The fraction of sp³-hybridized carbons (Fsp3) is 0.318. The number of hydrogen-bond acceptors (Lipinski definition) is 4. The molecule has 2 aromatic carbocycles. The molecule has 1 aliphatic heterocycles. The summed E-state index contributed by atoms with van der Waals surface area (Å²) in [5, 5.41) is 6.48. The molecule has 0 radical (unpaired) electrons. The molecule has 0 spiro atoms. The highest BCUT2D eigenvalue weighted by atomic mass is 19.1. The van der Waals surface area contributed by atoms with Gasteiger partial charge >= 0.3 is 5.69 Å². The van der Waals surface area contributed by atoms with Crippen molar-refractivity contribution in [3.63, 3.8) is 0 Å². The highest BCUT2D eigenvalue weighted by Crippen LogP contribution is 2.22. The number of nitrogens with zero attached hydrogens (tertiary/aromatic N) is 3. The fourth-order valence-corrected chi connectivity index (χ4v) is 3.76. The van der Waals surface area contributed by atoms with Gasteiger partial charge in [0.15, 0.2) is 6.61 Å². The Morgan fingerprint density at radius 2 is 1.81 bits per heavy atom. The molecule has 1 aliphatic rings. The largest absolute Gasteiger partial charge is 0.484 e. The summed E-state index contributed by atoms with van der Waals surface area (Å²) in [5.41, 5.74) is -0.313. The lowest BCUT2D eigenvalue weighted by atomic mass is 9.93. The third-order valence-corrected chi connectivity index (χ3v) is 5.45. The maximum atomic E-state index is 14.2. The topological polar surface area (TPSA) is 80.2 Å². The van der Waals surface area contributed by atoms with Crippen LogP contribution in [0.4, 0.5) is 8.78 Å². The molecule has 1 N–H and O–H groups in total. The van der Waals surface area contributed by atoms with Crippen LogP contribution in [0.2, 0.25) is 0 Å². The van der Waals surface area contributed by atoms with Crippen molar-refractivity contribution in [2.24, 2.45) is 5.92 Å². The number of aromatic amines is 1. The van der Waals surface area contributed by atoms with Gasteiger partial charge in [-0.2, -0.15) is 5.10 Å². The van der Waals surface area contributed by atoms with Crippen LogP contribution in [-0.2, 0) is 11.2 Å². The number of ether oxygens (including phenoxy) is 1. The zero-order valence-corrected chi connectivity index (χ0v) is 16.8. The summed E-state index contributed by atoms with van der Waals surface area (Å²) in [6.07, 6.45) is 1.97. The lowest BCUT2D eigenvalue weighted by molar-refractivity contribution is -0.134. The van der Waals surface area contributed by atoms with E-state index in [0.29, 0.717) is 31.1 Å². The number of benzene rings is 2. The Kier molecular flexibility index (Phi) is 6.11. The Bertz CT molecular complexity index is 1100. The van der Waals surface area contributed by atoms with Crippen molar-refractivity contribution in [3.8, 4) is 11.4 Å². The number of amides is 1. The minimum atomic E-state index is -0.492. The number of halogens is 2. The second kappa shape index (κ2) is 9.11. The standard InChI is InChI=1S/C22H22F2N4O3/c23-16-5-7-17(8-6-16)31-14-21(29)27-11-9-15(10-12-27)13-20-25-26-22(30)28(20)19-4-2-1-3-18(19)24/h1-8,15H,9-14H2,(H,26,30). The number of carbonyl (C=O) groups is 1. The fourth-order valence-electron chi connectivity index (χ4n) is 3.76. The maximum absolute atomic E-state index is 14.2. The van der Waals surface area contributed by atoms with E-state index in [4.69, 9.17) is 4.74 Å². The summed E-state index contributed by atoms with van der Waals surface area (Å²) in [4.78, 5) is 26.3. The van der Waals surface area contributed by atoms with Crippen LogP contribution in [0.3, 0.4) is 0 Å². The lowest BCUT2D eigenvalue weighted by Gasteiger charge is -2.31. The van der Waals surface area contributed by atoms with E-state index >= 15 is 0 Å². The number of hydrogen-bond donors (Lipinski definition) is 1. The van der Waals surface area contributed by atoms with E-state index in [1.807, 2.05) is 0 Å². The molecule has 162 valence electrons. The molecule has 1 fully saturated rings. The van der Waals surface area contributed by atoms with Gasteiger partial charge in [-0.15, -0.1) is 0 Å². The van der Waals surface area contributed by atoms with Crippen molar-refractivity contribution in [2.45, 2.75) is 19.3 Å². The van der Waals surface area contributed by atoms with E-state index in [-0.39, 0.29) is 29.9 Å². The number of nitrogens with one attached hydrogen (secondary N) is 1. The predicted octanol–water partition coefficient (Wildman–Crippen LogP) is 2.70. The Labute approximate surface area is 177 Å². The molecule has 1 amide bonds. The SMILES string of the molecule is O=C(COc1ccc(F)cc1)N1CCC(Cc2n[nH]c(=O)n2-c2ccccc2F)CC1. The highest BCUT2D eigenvalue weighted by molar-refractivity contribution is 5.77. The summed E-state index contributed by atoms with van der Waals surface area (Å²) < 4.78 is 33.8. The minimum Gasteiger partial charge on any atom is -0.484 e. The predicted molar refractivity (Wildman–Crippen MR) is 109 cm³/mol. The quantitative estimate of drug-likeness (QED) is 0.655. The third-order valence-electron chi connectivity index (χ3n) is 5.45. The van der Waals surface area contributed by atoms with E-state index < -0.39 is 11.5 Å². The molecule has 0 saturated carbocycles. The summed E-state index contributed by atoms with van der Waals surface area (Å²) >= 11 is 0. The van der Waals surface area contributed by atoms with E-state index in [1.165, 1.54) is 41.0 Å². The Morgan fingerprint density at radius 1 is 1.10 bits per heavy atom. The van der Waals surface area contributed by atoms with E-state index in [1.54, 1.807) is 17.0 Å². The van der Waals surface area contributed by atoms with Gasteiger partial charge in [0, 0.05) is 19.5 Å². The number of aromatic nitrogens is 3. The first-order valence-corrected chi connectivity index (χ1v) is 10.1. The summed E-state index contributed by atoms with van der Waals surface area (Å²) in [6.45, 7) is 1.01. The summed E-state index contributed by atoms with van der Waals surface area (Å²) in [5.74, 6) is 0.134. The van der Waals surface area contributed by atoms with Crippen molar-refractivity contribution in [2.75, 3.05) is 19.7 Å². The number of rotatable bonds is 6. The molecular formula is C22H22F2N4O3. The van der Waals surface area contributed by atoms with Gasteiger partial charge in [-0.1, -0.05) is 12.1 Å². The van der Waals surface area contributed by atoms with Crippen molar-refractivity contribution in [1.29, 1.82) is 0 Å². The molecule has 9 heteroatoms. The molecule has 0 unspecified atom stereocenters. The Balaban J connectivity index is 1.33. The number of carbonyl (C=O) groups excluding carboxylic acids is 1. The van der Waals surface area contributed by atoms with Gasteiger partial charge in [-0.05, 0) is 55.2 Å². The molecule has 4 rings (SSSR count). The normalized spacial score (nSPS) is 14.6. The average Bonchev–Trinajstić information content (AvgIpc) is 3.14. The van der Waals surface area contributed by atoms with Crippen LogP contribution in [0.5, 0.6) is 5.75 Å². The maximum Gasteiger partial charge on any atom is 0.348 e. The number of likely N-dealkylation sites (tertiary alicyclic amines) is 1. The van der Waals surface area contributed by atoms with Crippen LogP contribution in [0.25, 0.3) is 5.69 Å². The molecule has 1 aromatic heterocycles. The first-order chi connectivity index (χ1) is 15.0. The molecule has 0 atom stereocenters. The molecular weight excluding hydrogens is 406 g/mol. The molecule has 0 aliphatic carbocycles. The minimum absolute atomic E-state index is 0.109. The molecule has 3 aromatic rings. The second-order valence-corrected chi connectivity index (χ2v) is 7.50. The lowest BCUT2D eigenvalue weighted by Crippen LogP contribution is -2.41. The number of piperidine rings is 1. The molecule has 7 nitrogen and oxygen atoms in total. The van der Waals surface area contributed by atoms with Crippen LogP contribution < -0.4 is 10.4 Å². The summed E-state index contributed by atoms with van der Waals surface area (Å²) in [6, 6.07) is 11.6. The van der Waals surface area contributed by atoms with Gasteiger partial charge in [0.05, 0.1) is 5.69 Å². The van der Waals surface area contributed by atoms with E-state index in [0.717, 1.165) is 12.8 Å². The van der Waals surface area contributed by atoms with Crippen LogP contribution >= 0.6 is 0 Å². The van der Waals surface area contributed by atoms with Gasteiger partial charge in [-0.3, -0.25) is 4.79 Å². The Hall–Kier alpha value is -3.49. The van der Waals surface area contributed by atoms with Crippen molar-refractivity contribution >= 4 is 5.91 Å². The van der Waals surface area contributed by atoms with Gasteiger partial charge < -0.3 is 9.64 Å². The van der Waals surface area contributed by atoms with Crippen LogP contribution in [-0.4, -0.2) is 45.3 Å². The average molecular weight is 428 g/mol. The summed E-state index contributed by atoms with van der Waals surface area (Å²) in [7, 11) is 0. The molecule has 0 bridgehead atoms. The third kappa shape index (κ3) is 4.82. The monoisotopic (exact) mass is 428 g/mol. The first-order valence-electron chi connectivity index (χ1n) is 10.1. The zero-order chi connectivity index (χ0) is 21.8. The van der Waals surface area contributed by atoms with Gasteiger partial charge in [0.1, 0.15) is 23.2 Å². The van der Waals surface area contributed by atoms with Crippen LogP contribution in [0.15, 0.2) is 53.3 Å². The van der Waals surface area contributed by atoms with E-state index in [9.17, 15) is 18.4 Å². The van der Waals surface area contributed by atoms with Crippen LogP contribution in [0, 0.1) is 17.6 Å². The molecule has 1 saturated heterocycles.